The third-order valence-corrected chi connectivity index (χ3v) is 6.88. The zero-order chi connectivity index (χ0) is 25.0. The van der Waals surface area contributed by atoms with Crippen molar-refractivity contribution in [2.24, 2.45) is 10.2 Å². The Balaban J connectivity index is 1.82. The Bertz CT molecular complexity index is 1140. The molecular weight excluding hydrogens is 454 g/mol. The minimum Gasteiger partial charge on any atom is -0.493 e. The molecule has 0 aliphatic rings. The molecule has 2 rings (SSSR count). The number of carbonyl (C=O) groups is 1. The first-order valence-corrected chi connectivity index (χ1v) is 12.9. The van der Waals surface area contributed by atoms with E-state index in [1.807, 2.05) is 26.0 Å². The van der Waals surface area contributed by atoms with Gasteiger partial charge in [0.15, 0.2) is 9.84 Å². The van der Waals surface area contributed by atoms with Gasteiger partial charge in [-0.3, -0.25) is 4.79 Å². The van der Waals surface area contributed by atoms with Crippen molar-refractivity contribution in [3.8, 4) is 11.8 Å². The fraction of sp³-hybridized carbons (Fsp3) is 0.440. The van der Waals surface area contributed by atoms with Crippen LogP contribution >= 0.6 is 0 Å². The molecule has 0 spiro atoms. The average Bonchev–Trinajstić information content (AvgIpc) is 2.82. The zero-order valence-corrected chi connectivity index (χ0v) is 20.7. The molecule has 0 atom stereocenters. The van der Waals surface area contributed by atoms with Crippen LogP contribution in [-0.4, -0.2) is 33.4 Å². The second-order valence-electron chi connectivity index (χ2n) is 7.82. The molecule has 0 aliphatic carbocycles. The number of benzene rings is 2. The summed E-state index contributed by atoms with van der Waals surface area (Å²) in [6.45, 7) is 6.43. The SMILES string of the molecule is CCS(=O)(=O)c1ccc(N=Nc2cc(C)c(OCCCCCCOC(=O)CC#N)cc2C)cc1. The van der Waals surface area contributed by atoms with E-state index < -0.39 is 15.8 Å². The van der Waals surface area contributed by atoms with Gasteiger partial charge in [0.1, 0.15) is 12.2 Å². The number of nitriles is 1. The molecule has 0 bridgehead atoms. The number of rotatable bonds is 13. The monoisotopic (exact) mass is 485 g/mol. The highest BCUT2D eigenvalue weighted by atomic mass is 32.2. The first-order valence-electron chi connectivity index (χ1n) is 11.3. The van der Waals surface area contributed by atoms with Crippen molar-refractivity contribution in [3.63, 3.8) is 0 Å². The van der Waals surface area contributed by atoms with Crippen LogP contribution in [0.2, 0.25) is 0 Å². The molecule has 182 valence electrons. The summed E-state index contributed by atoms with van der Waals surface area (Å²) in [6.07, 6.45) is 3.33. The summed E-state index contributed by atoms with van der Waals surface area (Å²) in [7, 11) is -3.23. The molecule has 8 nitrogen and oxygen atoms in total. The lowest BCUT2D eigenvalue weighted by Crippen LogP contribution is -2.04. The summed E-state index contributed by atoms with van der Waals surface area (Å²) in [5.41, 5.74) is 3.18. The number of esters is 1. The van der Waals surface area contributed by atoms with Gasteiger partial charge in [0, 0.05) is 0 Å². The predicted molar refractivity (Wildman–Crippen MR) is 129 cm³/mol. The molecule has 0 heterocycles. The Labute approximate surface area is 201 Å². The highest BCUT2D eigenvalue weighted by Gasteiger charge is 2.11. The number of nitrogens with zero attached hydrogens (tertiary/aromatic N) is 3. The van der Waals surface area contributed by atoms with Crippen LogP contribution in [0.5, 0.6) is 5.75 Å². The van der Waals surface area contributed by atoms with E-state index in [-0.39, 0.29) is 17.1 Å². The Morgan fingerprint density at radius 1 is 0.971 bits per heavy atom. The molecule has 0 N–H and O–H groups in total. The summed E-state index contributed by atoms with van der Waals surface area (Å²) in [6, 6.07) is 12.0. The van der Waals surface area contributed by atoms with Crippen LogP contribution < -0.4 is 4.74 Å². The molecular formula is C25H31N3O5S. The van der Waals surface area contributed by atoms with Crippen molar-refractivity contribution in [1.82, 2.24) is 0 Å². The topological polar surface area (TPSA) is 118 Å². The van der Waals surface area contributed by atoms with Gasteiger partial charge in [0.25, 0.3) is 0 Å². The van der Waals surface area contributed by atoms with Crippen LogP contribution in [0.4, 0.5) is 11.4 Å². The number of hydrogen-bond donors (Lipinski definition) is 0. The fourth-order valence-corrected chi connectivity index (χ4v) is 3.96. The quantitative estimate of drug-likeness (QED) is 0.198. The number of unbranched alkanes of at least 4 members (excludes halogenated alkanes) is 3. The molecule has 0 amide bonds. The van der Waals surface area contributed by atoms with E-state index in [1.54, 1.807) is 37.3 Å². The molecule has 0 aliphatic heterocycles. The van der Waals surface area contributed by atoms with Crippen LogP contribution in [0.25, 0.3) is 0 Å². The first kappa shape index (κ1) is 27.0. The lowest BCUT2D eigenvalue weighted by atomic mass is 10.1. The molecule has 2 aromatic carbocycles. The van der Waals surface area contributed by atoms with Crippen molar-refractivity contribution in [2.75, 3.05) is 19.0 Å². The van der Waals surface area contributed by atoms with E-state index in [9.17, 15) is 13.2 Å². The minimum atomic E-state index is -3.23. The van der Waals surface area contributed by atoms with E-state index in [1.165, 1.54) is 0 Å². The van der Waals surface area contributed by atoms with Crippen LogP contribution in [-0.2, 0) is 19.4 Å². The van der Waals surface area contributed by atoms with Crippen molar-refractivity contribution >= 4 is 27.2 Å². The fourth-order valence-electron chi connectivity index (χ4n) is 3.08. The van der Waals surface area contributed by atoms with E-state index in [4.69, 9.17) is 14.7 Å². The van der Waals surface area contributed by atoms with Gasteiger partial charge in [0.2, 0.25) is 0 Å². The van der Waals surface area contributed by atoms with Gasteiger partial charge in [-0.05, 0) is 87.1 Å². The number of carbonyl (C=O) groups excluding carboxylic acids is 1. The molecule has 0 radical (unpaired) electrons. The number of ether oxygens (including phenoxy) is 2. The third-order valence-electron chi connectivity index (χ3n) is 5.13. The standard InChI is InChI=1S/C25H31N3O5S/c1-4-34(30,31)22-11-9-21(10-12-22)27-28-23-17-20(3)24(18-19(23)2)32-15-7-5-6-8-16-33-25(29)13-14-26/h9-12,17-18H,4-8,13,15-16H2,1-3H3. The number of azo groups is 1. The maximum atomic E-state index is 11.9. The van der Waals surface area contributed by atoms with E-state index in [2.05, 4.69) is 10.2 Å². The van der Waals surface area contributed by atoms with E-state index >= 15 is 0 Å². The van der Waals surface area contributed by atoms with Crippen LogP contribution in [0, 0.1) is 25.2 Å². The average molecular weight is 486 g/mol. The molecule has 0 aromatic heterocycles. The zero-order valence-electron chi connectivity index (χ0n) is 19.9. The second kappa shape index (κ2) is 13.5. The normalized spacial score (nSPS) is 11.4. The molecule has 2 aromatic rings. The Kier molecular flexibility index (Phi) is 10.7. The Hall–Kier alpha value is -3.25. The number of aryl methyl sites for hydroxylation is 2. The summed E-state index contributed by atoms with van der Waals surface area (Å²) >= 11 is 0. The maximum absolute atomic E-state index is 11.9. The van der Waals surface area contributed by atoms with Gasteiger partial charge in [-0.2, -0.15) is 15.5 Å². The van der Waals surface area contributed by atoms with E-state index in [0.29, 0.717) is 18.9 Å². The molecule has 0 saturated heterocycles. The van der Waals surface area contributed by atoms with Gasteiger partial charge in [-0.1, -0.05) is 6.92 Å². The highest BCUT2D eigenvalue weighted by molar-refractivity contribution is 7.91. The number of hydrogen-bond acceptors (Lipinski definition) is 8. The molecule has 0 unspecified atom stereocenters. The van der Waals surface area contributed by atoms with Crippen LogP contribution in [0.15, 0.2) is 51.5 Å². The lowest BCUT2D eigenvalue weighted by molar-refractivity contribution is -0.142. The maximum Gasteiger partial charge on any atom is 0.320 e. The van der Waals surface area contributed by atoms with Crippen molar-refractivity contribution < 1.29 is 22.7 Å². The van der Waals surface area contributed by atoms with Crippen LogP contribution in [0.1, 0.15) is 50.2 Å². The van der Waals surface area contributed by atoms with Gasteiger partial charge >= 0.3 is 5.97 Å². The van der Waals surface area contributed by atoms with Crippen LogP contribution in [0.3, 0.4) is 0 Å². The van der Waals surface area contributed by atoms with Crippen molar-refractivity contribution in [3.05, 3.63) is 47.5 Å². The highest BCUT2D eigenvalue weighted by Crippen LogP contribution is 2.30. The first-order chi connectivity index (χ1) is 16.3. The van der Waals surface area contributed by atoms with Gasteiger partial charge < -0.3 is 9.47 Å². The predicted octanol–water partition coefficient (Wildman–Crippen LogP) is 5.91. The summed E-state index contributed by atoms with van der Waals surface area (Å²) in [4.78, 5) is 11.4. The minimum absolute atomic E-state index is 0.0576. The second-order valence-corrected chi connectivity index (χ2v) is 10.1. The lowest BCUT2D eigenvalue weighted by Gasteiger charge is -2.11. The van der Waals surface area contributed by atoms with Gasteiger partial charge in [-0.25, -0.2) is 8.42 Å². The smallest absolute Gasteiger partial charge is 0.320 e. The third kappa shape index (κ3) is 8.60. The molecule has 0 saturated carbocycles. The Morgan fingerprint density at radius 2 is 1.65 bits per heavy atom. The summed E-state index contributed by atoms with van der Waals surface area (Å²) < 4.78 is 34.7. The summed E-state index contributed by atoms with van der Waals surface area (Å²) in [5.74, 6) is 0.387. The van der Waals surface area contributed by atoms with Gasteiger partial charge in [-0.15, -0.1) is 0 Å². The Morgan fingerprint density at radius 3 is 2.29 bits per heavy atom. The van der Waals surface area contributed by atoms with Crippen molar-refractivity contribution in [1.29, 1.82) is 5.26 Å². The molecule has 34 heavy (non-hydrogen) atoms. The summed E-state index contributed by atoms with van der Waals surface area (Å²) in [5, 5.41) is 17.0. The molecule has 9 heteroatoms. The largest absolute Gasteiger partial charge is 0.493 e. The molecule has 0 fully saturated rings. The van der Waals surface area contributed by atoms with Gasteiger partial charge in [0.05, 0.1) is 41.3 Å². The number of sulfone groups is 1. The van der Waals surface area contributed by atoms with Crippen molar-refractivity contribution in [2.45, 2.75) is 57.8 Å². The van der Waals surface area contributed by atoms with E-state index in [0.717, 1.165) is 48.2 Å².